The van der Waals surface area contributed by atoms with Crippen LogP contribution in [0.5, 0.6) is 0 Å². The highest BCUT2D eigenvalue weighted by Crippen LogP contribution is 2.27. The molecule has 1 N–H and O–H groups in total. The summed E-state index contributed by atoms with van der Waals surface area (Å²) in [6.45, 7) is 1.15. The molecule has 7 nitrogen and oxygen atoms in total. The molecule has 3 heterocycles. The highest BCUT2D eigenvalue weighted by atomic mass is 79.9. The summed E-state index contributed by atoms with van der Waals surface area (Å²) in [5, 5.41) is 2.83. The minimum atomic E-state index is -3.35. The van der Waals surface area contributed by atoms with Crippen molar-refractivity contribution in [2.75, 3.05) is 29.6 Å². The monoisotopic (exact) mass is 438 g/mol. The molecule has 0 radical (unpaired) electrons. The van der Waals surface area contributed by atoms with Crippen molar-refractivity contribution >= 4 is 43.3 Å². The third-order valence-corrected chi connectivity index (χ3v) is 5.88. The second kappa shape index (κ2) is 7.71. The zero-order valence-corrected chi connectivity index (χ0v) is 16.6. The van der Waals surface area contributed by atoms with E-state index in [-0.39, 0.29) is 16.7 Å². The summed E-state index contributed by atoms with van der Waals surface area (Å²) in [4.78, 5) is 23.0. The molecular weight excluding hydrogens is 420 g/mol. The van der Waals surface area contributed by atoms with Gasteiger partial charge in [-0.25, -0.2) is 18.4 Å². The quantitative estimate of drug-likeness (QED) is 0.787. The van der Waals surface area contributed by atoms with Gasteiger partial charge in [-0.3, -0.25) is 4.79 Å². The predicted octanol–water partition coefficient (Wildman–Crippen LogP) is 2.50. The van der Waals surface area contributed by atoms with E-state index in [1.54, 1.807) is 30.6 Å². The first-order valence-electron chi connectivity index (χ1n) is 8.17. The molecule has 0 bridgehead atoms. The largest absolute Gasteiger partial charge is 0.355 e. The van der Waals surface area contributed by atoms with Crippen molar-refractivity contribution in [3.05, 3.63) is 41.1 Å². The Kier molecular flexibility index (Phi) is 5.57. The van der Waals surface area contributed by atoms with Gasteiger partial charge in [0.15, 0.2) is 9.84 Å². The SMILES string of the molecule is CS(=O)(=O)c1cccnc1N1CCC(C(=O)Nc2ccc(Br)cn2)CC1. The lowest BCUT2D eigenvalue weighted by molar-refractivity contribution is -0.120. The molecule has 1 aliphatic rings. The van der Waals surface area contributed by atoms with Gasteiger partial charge in [-0.1, -0.05) is 0 Å². The average molecular weight is 439 g/mol. The van der Waals surface area contributed by atoms with Crippen LogP contribution in [0.15, 0.2) is 46.0 Å². The molecule has 0 atom stereocenters. The van der Waals surface area contributed by atoms with Crippen molar-refractivity contribution in [2.24, 2.45) is 5.92 Å². The Morgan fingerprint density at radius 1 is 1.23 bits per heavy atom. The van der Waals surface area contributed by atoms with Gasteiger partial charge in [0.1, 0.15) is 16.5 Å². The highest BCUT2D eigenvalue weighted by molar-refractivity contribution is 9.10. The van der Waals surface area contributed by atoms with Crippen LogP contribution in [0.2, 0.25) is 0 Å². The fourth-order valence-corrected chi connectivity index (χ4v) is 4.01. The van der Waals surface area contributed by atoms with Gasteiger partial charge in [-0.2, -0.15) is 0 Å². The van der Waals surface area contributed by atoms with Crippen LogP contribution >= 0.6 is 15.9 Å². The molecule has 1 fully saturated rings. The Balaban J connectivity index is 1.64. The van der Waals surface area contributed by atoms with Gasteiger partial charge >= 0.3 is 0 Å². The lowest BCUT2D eigenvalue weighted by atomic mass is 9.96. The van der Waals surface area contributed by atoms with Crippen molar-refractivity contribution in [3.8, 4) is 0 Å². The molecule has 1 amide bonds. The van der Waals surface area contributed by atoms with Gasteiger partial charge in [-0.05, 0) is 53.0 Å². The number of hydrogen-bond donors (Lipinski definition) is 1. The van der Waals surface area contributed by atoms with Crippen LogP contribution in [-0.4, -0.2) is 43.6 Å². The summed E-state index contributed by atoms with van der Waals surface area (Å²) in [6, 6.07) is 6.74. The number of anilines is 2. The van der Waals surface area contributed by atoms with Crippen molar-refractivity contribution in [1.82, 2.24) is 9.97 Å². The predicted molar refractivity (Wildman–Crippen MR) is 103 cm³/mol. The first-order valence-corrected chi connectivity index (χ1v) is 10.9. The van der Waals surface area contributed by atoms with Gasteiger partial charge in [-0.15, -0.1) is 0 Å². The molecule has 0 aromatic carbocycles. The molecule has 0 saturated carbocycles. The third-order valence-electron chi connectivity index (χ3n) is 4.29. The lowest BCUT2D eigenvalue weighted by Gasteiger charge is -2.32. The molecule has 0 aliphatic carbocycles. The number of hydrogen-bond acceptors (Lipinski definition) is 6. The molecule has 138 valence electrons. The van der Waals surface area contributed by atoms with E-state index in [0.717, 1.165) is 4.47 Å². The number of amides is 1. The summed E-state index contributed by atoms with van der Waals surface area (Å²) in [7, 11) is -3.35. The Bertz CT molecular complexity index is 894. The van der Waals surface area contributed by atoms with E-state index in [0.29, 0.717) is 37.6 Å². The lowest BCUT2D eigenvalue weighted by Crippen LogP contribution is -2.39. The fourth-order valence-electron chi connectivity index (χ4n) is 2.94. The maximum Gasteiger partial charge on any atom is 0.228 e. The number of nitrogens with one attached hydrogen (secondary N) is 1. The zero-order chi connectivity index (χ0) is 18.7. The number of piperidine rings is 1. The Morgan fingerprint density at radius 2 is 1.96 bits per heavy atom. The Hall–Kier alpha value is -2.00. The van der Waals surface area contributed by atoms with E-state index in [1.807, 2.05) is 11.0 Å². The molecule has 2 aromatic heterocycles. The molecule has 26 heavy (non-hydrogen) atoms. The van der Waals surface area contributed by atoms with Gasteiger partial charge in [0.05, 0.1) is 0 Å². The van der Waals surface area contributed by atoms with Crippen molar-refractivity contribution in [3.63, 3.8) is 0 Å². The number of rotatable bonds is 4. The molecule has 0 unspecified atom stereocenters. The fraction of sp³-hybridized carbons (Fsp3) is 0.353. The van der Waals surface area contributed by atoms with Crippen LogP contribution < -0.4 is 10.2 Å². The van der Waals surface area contributed by atoms with E-state index in [9.17, 15) is 13.2 Å². The smallest absolute Gasteiger partial charge is 0.228 e. The number of pyridine rings is 2. The standard InChI is InChI=1S/C17H19BrN4O3S/c1-26(24,25)14-3-2-8-19-16(14)22-9-6-12(7-10-22)17(23)21-15-5-4-13(18)11-20-15/h2-5,8,11-12H,6-7,9-10H2,1H3,(H,20,21,23). The minimum Gasteiger partial charge on any atom is -0.355 e. The highest BCUT2D eigenvalue weighted by Gasteiger charge is 2.28. The van der Waals surface area contributed by atoms with Crippen molar-refractivity contribution in [1.29, 1.82) is 0 Å². The molecule has 0 spiro atoms. The van der Waals surface area contributed by atoms with E-state index >= 15 is 0 Å². The molecule has 1 saturated heterocycles. The second-order valence-electron chi connectivity index (χ2n) is 6.21. The molecule has 1 aliphatic heterocycles. The Morgan fingerprint density at radius 3 is 2.58 bits per heavy atom. The van der Waals surface area contributed by atoms with Crippen LogP contribution in [0, 0.1) is 5.92 Å². The average Bonchev–Trinajstić information content (AvgIpc) is 2.63. The number of nitrogens with zero attached hydrogens (tertiary/aromatic N) is 3. The number of sulfone groups is 1. The van der Waals surface area contributed by atoms with Crippen LogP contribution in [-0.2, 0) is 14.6 Å². The molecule has 9 heteroatoms. The molecular formula is C17H19BrN4O3S. The number of carbonyl (C=O) groups excluding carboxylic acids is 1. The van der Waals surface area contributed by atoms with Gasteiger partial charge < -0.3 is 10.2 Å². The van der Waals surface area contributed by atoms with Crippen molar-refractivity contribution in [2.45, 2.75) is 17.7 Å². The summed E-state index contributed by atoms with van der Waals surface area (Å²) < 4.78 is 24.8. The summed E-state index contributed by atoms with van der Waals surface area (Å²) in [5.41, 5.74) is 0. The molecule has 3 rings (SSSR count). The third kappa shape index (κ3) is 4.39. The Labute approximate surface area is 160 Å². The summed E-state index contributed by atoms with van der Waals surface area (Å²) in [6.07, 6.45) is 5.65. The first kappa shape index (κ1) is 18.8. The van der Waals surface area contributed by atoms with Gasteiger partial charge in [0.2, 0.25) is 5.91 Å². The maximum absolute atomic E-state index is 12.4. The van der Waals surface area contributed by atoms with Crippen LogP contribution in [0.4, 0.5) is 11.6 Å². The van der Waals surface area contributed by atoms with Gasteiger partial charge in [0.25, 0.3) is 0 Å². The van der Waals surface area contributed by atoms with Crippen LogP contribution in [0.25, 0.3) is 0 Å². The first-order chi connectivity index (χ1) is 12.3. The normalized spacial score (nSPS) is 15.7. The minimum absolute atomic E-state index is 0.0659. The van der Waals surface area contributed by atoms with E-state index < -0.39 is 9.84 Å². The molecule has 2 aromatic rings. The maximum atomic E-state index is 12.4. The van der Waals surface area contributed by atoms with Crippen LogP contribution in [0.3, 0.4) is 0 Å². The number of carbonyl (C=O) groups is 1. The van der Waals surface area contributed by atoms with Gasteiger partial charge in [0, 0.05) is 42.1 Å². The van der Waals surface area contributed by atoms with Crippen molar-refractivity contribution < 1.29 is 13.2 Å². The van der Waals surface area contributed by atoms with E-state index in [1.165, 1.54) is 6.26 Å². The second-order valence-corrected chi connectivity index (χ2v) is 9.11. The number of halogens is 1. The topological polar surface area (TPSA) is 92.3 Å². The summed E-state index contributed by atoms with van der Waals surface area (Å²) in [5.74, 6) is 0.777. The van der Waals surface area contributed by atoms with E-state index in [4.69, 9.17) is 0 Å². The zero-order valence-electron chi connectivity index (χ0n) is 14.2. The number of aromatic nitrogens is 2. The summed E-state index contributed by atoms with van der Waals surface area (Å²) >= 11 is 3.31. The van der Waals surface area contributed by atoms with E-state index in [2.05, 4.69) is 31.2 Å². The van der Waals surface area contributed by atoms with Crippen LogP contribution in [0.1, 0.15) is 12.8 Å².